The lowest BCUT2D eigenvalue weighted by Gasteiger charge is -2.10. The predicted octanol–water partition coefficient (Wildman–Crippen LogP) is 1.52. The van der Waals surface area contributed by atoms with Gasteiger partial charge >= 0.3 is 5.97 Å². The van der Waals surface area contributed by atoms with Gasteiger partial charge in [-0.1, -0.05) is 5.16 Å². The van der Waals surface area contributed by atoms with Gasteiger partial charge in [-0.05, 0) is 12.8 Å². The van der Waals surface area contributed by atoms with Crippen LogP contribution in [0.5, 0.6) is 0 Å². The van der Waals surface area contributed by atoms with Crippen LogP contribution in [0.2, 0.25) is 0 Å². The first-order valence-corrected chi connectivity index (χ1v) is 4.28. The molecule has 1 aliphatic heterocycles. The van der Waals surface area contributed by atoms with E-state index in [4.69, 9.17) is 14.4 Å². The van der Waals surface area contributed by atoms with Crippen LogP contribution in [0.25, 0.3) is 5.57 Å². The fourth-order valence-corrected chi connectivity index (χ4v) is 1.27. The van der Waals surface area contributed by atoms with E-state index in [1.165, 1.54) is 6.07 Å². The third-order valence-corrected chi connectivity index (χ3v) is 1.98. The van der Waals surface area contributed by atoms with E-state index in [0.717, 1.165) is 18.4 Å². The number of carboxylic acid groups (broad SMARTS) is 1. The summed E-state index contributed by atoms with van der Waals surface area (Å²) in [5.41, 5.74) is 0.780. The van der Waals surface area contributed by atoms with Crippen molar-refractivity contribution in [3.8, 4) is 0 Å². The molecule has 1 aromatic rings. The zero-order valence-electron chi connectivity index (χ0n) is 7.40. The van der Waals surface area contributed by atoms with E-state index in [9.17, 15) is 4.79 Å². The summed E-state index contributed by atoms with van der Waals surface area (Å²) in [6.07, 6.45) is 3.33. The number of ether oxygens (including phenoxy) is 1. The Hall–Kier alpha value is -1.78. The molecule has 0 saturated heterocycles. The maximum Gasteiger partial charge on any atom is 0.358 e. The quantitative estimate of drug-likeness (QED) is 0.774. The number of hydrogen-bond acceptors (Lipinski definition) is 4. The molecule has 0 amide bonds. The topological polar surface area (TPSA) is 72.6 Å². The fourth-order valence-electron chi connectivity index (χ4n) is 1.27. The molecule has 0 spiro atoms. The summed E-state index contributed by atoms with van der Waals surface area (Å²) in [4.78, 5) is 10.5. The van der Waals surface area contributed by atoms with Crippen molar-refractivity contribution in [3.63, 3.8) is 0 Å². The zero-order chi connectivity index (χ0) is 9.97. The van der Waals surface area contributed by atoms with Gasteiger partial charge in [-0.25, -0.2) is 4.79 Å². The summed E-state index contributed by atoms with van der Waals surface area (Å²) in [6, 6.07) is 1.41. The third kappa shape index (κ3) is 1.61. The standard InChI is InChI=1S/C9H9NO4/c11-9(12)7-4-8(14-10-7)6-2-1-3-13-5-6/h4-5H,1-3H2,(H,11,12). The first-order valence-electron chi connectivity index (χ1n) is 4.28. The van der Waals surface area contributed by atoms with E-state index in [1.54, 1.807) is 6.26 Å². The molecule has 0 atom stereocenters. The lowest BCUT2D eigenvalue weighted by atomic mass is 10.1. The normalized spacial score (nSPS) is 15.9. The van der Waals surface area contributed by atoms with Crippen molar-refractivity contribution in [1.29, 1.82) is 0 Å². The second-order valence-corrected chi connectivity index (χ2v) is 3.00. The minimum Gasteiger partial charge on any atom is -0.501 e. The van der Waals surface area contributed by atoms with Gasteiger partial charge in [0.2, 0.25) is 0 Å². The summed E-state index contributed by atoms with van der Waals surface area (Å²) in [5.74, 6) is -0.612. The molecule has 1 aliphatic rings. The van der Waals surface area contributed by atoms with Crippen LogP contribution in [0.3, 0.4) is 0 Å². The molecule has 0 aliphatic carbocycles. The smallest absolute Gasteiger partial charge is 0.358 e. The fraction of sp³-hybridized carbons (Fsp3) is 0.333. The first kappa shape index (κ1) is 8.80. The van der Waals surface area contributed by atoms with Gasteiger partial charge in [0.15, 0.2) is 11.5 Å². The molecule has 5 nitrogen and oxygen atoms in total. The largest absolute Gasteiger partial charge is 0.501 e. The van der Waals surface area contributed by atoms with Crippen LogP contribution >= 0.6 is 0 Å². The van der Waals surface area contributed by atoms with Gasteiger partial charge in [-0.2, -0.15) is 0 Å². The molecule has 0 unspecified atom stereocenters. The third-order valence-electron chi connectivity index (χ3n) is 1.98. The summed E-state index contributed by atoms with van der Waals surface area (Å²) in [6.45, 7) is 0.698. The van der Waals surface area contributed by atoms with Crippen LogP contribution in [0.1, 0.15) is 29.1 Å². The number of aromatic nitrogens is 1. The average molecular weight is 195 g/mol. The molecule has 0 aromatic carbocycles. The first-order chi connectivity index (χ1) is 6.77. The van der Waals surface area contributed by atoms with E-state index in [1.807, 2.05) is 0 Å². The van der Waals surface area contributed by atoms with E-state index < -0.39 is 5.97 Å². The number of hydrogen-bond donors (Lipinski definition) is 1. The number of carboxylic acids is 1. The van der Waals surface area contributed by atoms with Crippen molar-refractivity contribution in [1.82, 2.24) is 5.16 Å². The van der Waals surface area contributed by atoms with Crippen molar-refractivity contribution < 1.29 is 19.2 Å². The van der Waals surface area contributed by atoms with Gasteiger partial charge in [-0.3, -0.25) is 0 Å². The number of allylic oxidation sites excluding steroid dienone is 1. The molecule has 1 aromatic heterocycles. The van der Waals surface area contributed by atoms with Crippen molar-refractivity contribution in [2.45, 2.75) is 12.8 Å². The van der Waals surface area contributed by atoms with Gasteiger partial charge in [-0.15, -0.1) is 0 Å². The number of carbonyl (C=O) groups is 1. The van der Waals surface area contributed by atoms with Gasteiger partial charge in [0.05, 0.1) is 12.9 Å². The second kappa shape index (κ2) is 3.53. The highest BCUT2D eigenvalue weighted by Gasteiger charge is 2.15. The summed E-state index contributed by atoms with van der Waals surface area (Å²) < 4.78 is 10.00. The van der Waals surface area contributed by atoms with Gasteiger partial charge in [0.25, 0.3) is 0 Å². The Morgan fingerprint density at radius 2 is 2.43 bits per heavy atom. The molecular weight excluding hydrogens is 186 g/mol. The maximum atomic E-state index is 10.5. The highest BCUT2D eigenvalue weighted by molar-refractivity contribution is 5.86. The number of aromatic carboxylic acids is 1. The predicted molar refractivity (Wildman–Crippen MR) is 46.6 cm³/mol. The Morgan fingerprint density at radius 3 is 3.00 bits per heavy atom. The number of nitrogens with zero attached hydrogens (tertiary/aromatic N) is 1. The average Bonchev–Trinajstić information content (AvgIpc) is 2.68. The minimum absolute atomic E-state index is 0.0773. The van der Waals surface area contributed by atoms with Crippen LogP contribution in [-0.2, 0) is 4.74 Å². The Kier molecular flexibility index (Phi) is 2.22. The monoisotopic (exact) mass is 195 g/mol. The highest BCUT2D eigenvalue weighted by Crippen LogP contribution is 2.23. The summed E-state index contributed by atoms with van der Waals surface area (Å²) in [7, 11) is 0. The molecule has 2 rings (SSSR count). The van der Waals surface area contributed by atoms with E-state index in [-0.39, 0.29) is 5.69 Å². The molecule has 74 valence electrons. The van der Waals surface area contributed by atoms with Crippen LogP contribution in [0.15, 0.2) is 16.9 Å². The number of rotatable bonds is 2. The van der Waals surface area contributed by atoms with Crippen LogP contribution < -0.4 is 0 Å². The van der Waals surface area contributed by atoms with Gasteiger partial charge < -0.3 is 14.4 Å². The van der Waals surface area contributed by atoms with Crippen LogP contribution in [0.4, 0.5) is 0 Å². The lowest BCUT2D eigenvalue weighted by molar-refractivity contribution is 0.0685. The molecule has 0 saturated carbocycles. The Bertz CT molecular complexity index is 380. The molecule has 2 heterocycles. The molecule has 0 bridgehead atoms. The van der Waals surface area contributed by atoms with Crippen molar-refractivity contribution in [2.75, 3.05) is 6.61 Å². The molecular formula is C9H9NO4. The van der Waals surface area contributed by atoms with E-state index >= 15 is 0 Å². The summed E-state index contributed by atoms with van der Waals surface area (Å²) >= 11 is 0. The minimum atomic E-state index is -1.09. The Morgan fingerprint density at radius 1 is 1.57 bits per heavy atom. The van der Waals surface area contributed by atoms with E-state index in [0.29, 0.717) is 12.4 Å². The molecule has 1 N–H and O–H groups in total. The van der Waals surface area contributed by atoms with Crippen LogP contribution in [0, 0.1) is 0 Å². The van der Waals surface area contributed by atoms with Crippen molar-refractivity contribution >= 4 is 11.5 Å². The lowest BCUT2D eigenvalue weighted by Crippen LogP contribution is -1.98. The summed E-state index contributed by atoms with van der Waals surface area (Å²) in [5, 5.41) is 12.0. The Balaban J connectivity index is 2.23. The van der Waals surface area contributed by atoms with E-state index in [2.05, 4.69) is 5.16 Å². The molecule has 14 heavy (non-hydrogen) atoms. The van der Waals surface area contributed by atoms with Gasteiger partial charge in [0, 0.05) is 11.6 Å². The zero-order valence-corrected chi connectivity index (χ0v) is 7.40. The second-order valence-electron chi connectivity index (χ2n) is 3.00. The van der Waals surface area contributed by atoms with Gasteiger partial charge in [0.1, 0.15) is 0 Å². The van der Waals surface area contributed by atoms with Crippen LogP contribution in [-0.4, -0.2) is 22.8 Å². The highest BCUT2D eigenvalue weighted by atomic mass is 16.5. The molecule has 5 heteroatoms. The molecule has 0 radical (unpaired) electrons. The maximum absolute atomic E-state index is 10.5. The SMILES string of the molecule is O=C(O)c1cc(C2=COCCC2)on1. The van der Waals surface area contributed by atoms with Crippen molar-refractivity contribution in [3.05, 3.63) is 23.8 Å². The Labute approximate surface area is 80.0 Å². The van der Waals surface area contributed by atoms with Crippen molar-refractivity contribution in [2.24, 2.45) is 0 Å². The molecule has 0 fully saturated rings.